The van der Waals surface area contributed by atoms with E-state index in [1.165, 1.54) is 11.6 Å². The van der Waals surface area contributed by atoms with Gasteiger partial charge in [0.25, 0.3) is 5.56 Å². The van der Waals surface area contributed by atoms with Crippen LogP contribution in [0.5, 0.6) is 0 Å². The molecule has 1 fully saturated rings. The van der Waals surface area contributed by atoms with E-state index in [1.807, 2.05) is 4.57 Å². The van der Waals surface area contributed by atoms with Gasteiger partial charge in [-0.05, 0) is 13.8 Å². The van der Waals surface area contributed by atoms with Crippen molar-refractivity contribution in [2.45, 2.75) is 39.1 Å². The van der Waals surface area contributed by atoms with Gasteiger partial charge in [-0.3, -0.25) is 18.8 Å². The lowest BCUT2D eigenvalue weighted by atomic mass is 10.2. The Hall–Kier alpha value is -1.97. The van der Waals surface area contributed by atoms with Gasteiger partial charge in [0.15, 0.2) is 11.2 Å². The maximum atomic E-state index is 12.7. The molecule has 144 valence electrons. The van der Waals surface area contributed by atoms with Gasteiger partial charge in [0, 0.05) is 40.8 Å². The first-order chi connectivity index (χ1) is 12.3. The number of imidazole rings is 1. The summed E-state index contributed by atoms with van der Waals surface area (Å²) in [7, 11) is 4.75. The summed E-state index contributed by atoms with van der Waals surface area (Å²) < 4.78 is 15.4. The predicted molar refractivity (Wildman–Crippen MR) is 97.4 cm³/mol. The summed E-state index contributed by atoms with van der Waals surface area (Å²) in [6.45, 7) is 7.26. The highest BCUT2D eigenvalue weighted by Crippen LogP contribution is 2.17. The van der Waals surface area contributed by atoms with Crippen molar-refractivity contribution in [2.24, 2.45) is 14.1 Å². The molecule has 26 heavy (non-hydrogen) atoms. The molecule has 0 saturated carbocycles. The lowest BCUT2D eigenvalue weighted by molar-refractivity contribution is -0.0713. The smallest absolute Gasteiger partial charge is 0.332 e. The minimum Gasteiger partial charge on any atom is -0.383 e. The number of hydrogen-bond donors (Lipinski definition) is 0. The van der Waals surface area contributed by atoms with Gasteiger partial charge < -0.3 is 14.0 Å². The summed E-state index contributed by atoms with van der Waals surface area (Å²) in [5.74, 6) is 0.761. The summed E-state index contributed by atoms with van der Waals surface area (Å²) in [5.41, 5.74) is 0.148. The standard InChI is InChI=1S/C17H27N5O4/c1-11-8-21(9-12(2)26-11)10-13-18-15-14(22(13)6-7-25-5)16(23)20(4)17(24)19(15)3/h11-12H,6-10H2,1-5H3/t11-,12+. The lowest BCUT2D eigenvalue weighted by Crippen LogP contribution is -2.45. The highest BCUT2D eigenvalue weighted by Gasteiger charge is 2.25. The molecule has 9 heteroatoms. The molecule has 2 aromatic rings. The van der Waals surface area contributed by atoms with Crippen molar-refractivity contribution in [3.63, 3.8) is 0 Å². The second kappa shape index (κ2) is 7.34. The zero-order valence-electron chi connectivity index (χ0n) is 16.1. The number of fused-ring (bicyclic) bond motifs is 1. The van der Waals surface area contributed by atoms with Crippen molar-refractivity contribution in [1.29, 1.82) is 0 Å². The van der Waals surface area contributed by atoms with Gasteiger partial charge in [-0.15, -0.1) is 0 Å². The Morgan fingerprint density at radius 2 is 1.81 bits per heavy atom. The van der Waals surface area contributed by atoms with Crippen LogP contribution < -0.4 is 11.2 Å². The Labute approximate surface area is 151 Å². The van der Waals surface area contributed by atoms with Crippen LogP contribution in [-0.2, 0) is 36.7 Å². The molecule has 3 rings (SSSR count). The fraction of sp³-hybridized carbons (Fsp3) is 0.706. The van der Waals surface area contributed by atoms with E-state index >= 15 is 0 Å². The topological polar surface area (TPSA) is 83.5 Å². The summed E-state index contributed by atoms with van der Waals surface area (Å²) >= 11 is 0. The minimum absolute atomic E-state index is 0.146. The van der Waals surface area contributed by atoms with Gasteiger partial charge in [0.05, 0.1) is 25.4 Å². The SMILES string of the molecule is COCCn1c(CN2C[C@@H](C)O[C@@H](C)C2)nc2c1c(=O)n(C)c(=O)n2C. The molecule has 1 aliphatic rings. The van der Waals surface area contributed by atoms with Crippen LogP contribution in [-0.4, -0.2) is 62.6 Å². The highest BCUT2D eigenvalue weighted by atomic mass is 16.5. The number of nitrogens with zero attached hydrogens (tertiary/aromatic N) is 5. The molecular weight excluding hydrogens is 338 g/mol. The largest absolute Gasteiger partial charge is 0.383 e. The maximum absolute atomic E-state index is 12.7. The molecule has 0 radical (unpaired) electrons. The van der Waals surface area contributed by atoms with E-state index in [-0.39, 0.29) is 23.5 Å². The van der Waals surface area contributed by atoms with E-state index in [0.29, 0.717) is 30.9 Å². The number of rotatable bonds is 5. The van der Waals surface area contributed by atoms with E-state index in [0.717, 1.165) is 23.5 Å². The third-order valence-electron chi connectivity index (χ3n) is 4.81. The van der Waals surface area contributed by atoms with Gasteiger partial charge >= 0.3 is 5.69 Å². The molecule has 0 N–H and O–H groups in total. The highest BCUT2D eigenvalue weighted by molar-refractivity contribution is 5.71. The second-order valence-electron chi connectivity index (χ2n) is 7.00. The normalized spacial score (nSPS) is 21.6. The molecule has 3 heterocycles. The van der Waals surface area contributed by atoms with E-state index in [2.05, 4.69) is 23.7 Å². The molecule has 0 aromatic carbocycles. The van der Waals surface area contributed by atoms with Gasteiger partial charge in [0.2, 0.25) is 0 Å². The minimum atomic E-state index is -0.376. The molecule has 1 saturated heterocycles. The molecule has 2 aromatic heterocycles. The number of morpholine rings is 1. The first-order valence-electron chi connectivity index (χ1n) is 8.85. The third kappa shape index (κ3) is 3.34. The molecule has 0 bridgehead atoms. The average molecular weight is 365 g/mol. The number of aromatic nitrogens is 4. The molecular formula is C17H27N5O4. The van der Waals surface area contributed by atoms with Crippen LogP contribution in [0.1, 0.15) is 19.7 Å². The van der Waals surface area contributed by atoms with E-state index in [1.54, 1.807) is 14.2 Å². The molecule has 1 aliphatic heterocycles. The Balaban J connectivity index is 2.09. The summed E-state index contributed by atoms with van der Waals surface area (Å²) in [6, 6.07) is 0. The summed E-state index contributed by atoms with van der Waals surface area (Å²) in [5, 5.41) is 0. The number of aryl methyl sites for hydroxylation is 1. The van der Waals surface area contributed by atoms with Crippen LogP contribution in [0.25, 0.3) is 11.2 Å². The second-order valence-corrected chi connectivity index (χ2v) is 7.00. The molecule has 0 unspecified atom stereocenters. The Morgan fingerprint density at radius 3 is 2.42 bits per heavy atom. The Kier molecular flexibility index (Phi) is 5.31. The van der Waals surface area contributed by atoms with Crippen molar-refractivity contribution < 1.29 is 9.47 Å². The quantitative estimate of drug-likeness (QED) is 0.723. The Morgan fingerprint density at radius 1 is 1.15 bits per heavy atom. The summed E-state index contributed by atoms with van der Waals surface area (Å²) in [4.78, 5) is 31.9. The van der Waals surface area contributed by atoms with E-state index < -0.39 is 0 Å². The van der Waals surface area contributed by atoms with Crippen molar-refractivity contribution in [3.05, 3.63) is 26.7 Å². The first kappa shape index (κ1) is 18.8. The van der Waals surface area contributed by atoms with Crippen LogP contribution in [0.15, 0.2) is 9.59 Å². The zero-order chi connectivity index (χ0) is 19.0. The Bertz CT molecular complexity index is 902. The zero-order valence-corrected chi connectivity index (χ0v) is 16.1. The van der Waals surface area contributed by atoms with Crippen LogP contribution in [0.3, 0.4) is 0 Å². The lowest BCUT2D eigenvalue weighted by Gasteiger charge is -2.35. The van der Waals surface area contributed by atoms with Gasteiger partial charge in [-0.2, -0.15) is 0 Å². The molecule has 0 amide bonds. The molecule has 2 atom stereocenters. The fourth-order valence-electron chi connectivity index (χ4n) is 3.65. The van der Waals surface area contributed by atoms with Gasteiger partial charge in [-0.1, -0.05) is 0 Å². The fourth-order valence-corrected chi connectivity index (χ4v) is 3.65. The molecule has 9 nitrogen and oxygen atoms in total. The van der Waals surface area contributed by atoms with E-state index in [4.69, 9.17) is 9.47 Å². The van der Waals surface area contributed by atoms with Crippen LogP contribution in [0, 0.1) is 0 Å². The van der Waals surface area contributed by atoms with Crippen LogP contribution in [0.2, 0.25) is 0 Å². The molecule has 0 spiro atoms. The number of methoxy groups -OCH3 is 1. The van der Waals surface area contributed by atoms with E-state index in [9.17, 15) is 9.59 Å². The van der Waals surface area contributed by atoms with Gasteiger partial charge in [0.1, 0.15) is 5.82 Å². The van der Waals surface area contributed by atoms with Crippen molar-refractivity contribution in [1.82, 2.24) is 23.6 Å². The van der Waals surface area contributed by atoms with Crippen molar-refractivity contribution >= 4 is 11.2 Å². The van der Waals surface area contributed by atoms with Crippen molar-refractivity contribution in [3.8, 4) is 0 Å². The summed E-state index contributed by atoms with van der Waals surface area (Å²) in [6.07, 6.45) is 0.292. The van der Waals surface area contributed by atoms with Crippen LogP contribution in [0.4, 0.5) is 0 Å². The van der Waals surface area contributed by atoms with Gasteiger partial charge in [-0.25, -0.2) is 9.78 Å². The molecule has 0 aliphatic carbocycles. The third-order valence-corrected chi connectivity index (χ3v) is 4.81. The average Bonchev–Trinajstić information content (AvgIpc) is 2.93. The number of hydrogen-bond acceptors (Lipinski definition) is 6. The number of ether oxygens (including phenoxy) is 2. The maximum Gasteiger partial charge on any atom is 0.332 e. The first-order valence-corrected chi connectivity index (χ1v) is 8.85. The van der Waals surface area contributed by atoms with Crippen molar-refractivity contribution in [2.75, 3.05) is 26.8 Å². The predicted octanol–water partition coefficient (Wildman–Crippen LogP) is -0.311. The van der Waals surface area contributed by atoms with Crippen LogP contribution >= 0.6 is 0 Å². The monoisotopic (exact) mass is 365 g/mol.